The Bertz CT molecular complexity index is 764. The number of Topliss-reactive ketones (excluding diaryl/α,β-unsaturated/α-hetero) is 1. The van der Waals surface area contributed by atoms with E-state index >= 15 is 0 Å². The average molecular weight is 368 g/mol. The monoisotopic (exact) mass is 368 g/mol. The van der Waals surface area contributed by atoms with Crippen LogP contribution in [-0.2, 0) is 26.2 Å². The maximum Gasteiger partial charge on any atom is 0.283 e. The van der Waals surface area contributed by atoms with E-state index in [9.17, 15) is 18.0 Å². The highest BCUT2D eigenvalue weighted by Gasteiger charge is 2.64. The van der Waals surface area contributed by atoms with Gasteiger partial charge in [0, 0.05) is 24.5 Å². The molecule has 4 rings (SSSR count). The standard InChI is InChI=1S/C18H19F3N2O3/c19-12-4-3-9(7-13(24)14-2-1-5-25-14)6-10(12)18(16(20)21)11-8-15(11)26-17(22)23-18/h3-4,6,11,14-16H,1-2,5,7-8H2,(H2,22,23)/t11-,14+,15+,18+/m0/s1. The number of benzene rings is 1. The molecule has 2 fully saturated rings. The van der Waals surface area contributed by atoms with E-state index in [1.54, 1.807) is 0 Å². The van der Waals surface area contributed by atoms with Crippen molar-refractivity contribution in [1.82, 2.24) is 0 Å². The molecule has 1 aliphatic carbocycles. The maximum atomic E-state index is 14.5. The number of nitrogens with zero attached hydrogens (tertiary/aromatic N) is 1. The first-order valence-electron chi connectivity index (χ1n) is 8.65. The van der Waals surface area contributed by atoms with Gasteiger partial charge in [-0.3, -0.25) is 4.79 Å². The van der Waals surface area contributed by atoms with Crippen molar-refractivity contribution in [2.45, 2.75) is 49.9 Å². The van der Waals surface area contributed by atoms with Crippen LogP contribution in [0, 0.1) is 11.7 Å². The molecule has 8 heteroatoms. The smallest absolute Gasteiger partial charge is 0.283 e. The Morgan fingerprint density at radius 1 is 1.42 bits per heavy atom. The highest BCUT2D eigenvalue weighted by atomic mass is 19.3. The van der Waals surface area contributed by atoms with E-state index in [4.69, 9.17) is 15.2 Å². The number of halogens is 3. The second-order valence-corrected chi connectivity index (χ2v) is 7.03. The van der Waals surface area contributed by atoms with E-state index in [0.717, 1.165) is 12.5 Å². The van der Waals surface area contributed by atoms with Crippen LogP contribution in [-0.4, -0.2) is 37.0 Å². The zero-order chi connectivity index (χ0) is 18.5. The predicted octanol–water partition coefficient (Wildman–Crippen LogP) is 2.31. The number of amidine groups is 1. The molecule has 0 spiro atoms. The van der Waals surface area contributed by atoms with Gasteiger partial charge in [0.25, 0.3) is 12.4 Å². The lowest BCUT2D eigenvalue weighted by Gasteiger charge is -2.33. The first-order chi connectivity index (χ1) is 12.4. The van der Waals surface area contributed by atoms with Crippen molar-refractivity contribution < 1.29 is 27.4 Å². The van der Waals surface area contributed by atoms with Crippen molar-refractivity contribution in [2.75, 3.05) is 6.61 Å². The lowest BCUT2D eigenvalue weighted by Crippen LogP contribution is -2.43. The third-order valence-corrected chi connectivity index (χ3v) is 5.33. The van der Waals surface area contributed by atoms with Gasteiger partial charge in [0.15, 0.2) is 11.3 Å². The third-order valence-electron chi connectivity index (χ3n) is 5.33. The number of rotatable bonds is 5. The normalized spacial score (nSPS) is 32.8. The zero-order valence-corrected chi connectivity index (χ0v) is 14.0. The largest absolute Gasteiger partial charge is 0.462 e. The highest BCUT2D eigenvalue weighted by molar-refractivity contribution is 5.85. The van der Waals surface area contributed by atoms with Crippen LogP contribution in [0.15, 0.2) is 23.2 Å². The number of ketones is 1. The summed E-state index contributed by atoms with van der Waals surface area (Å²) in [5, 5.41) is 0. The van der Waals surface area contributed by atoms with E-state index in [-0.39, 0.29) is 23.8 Å². The summed E-state index contributed by atoms with van der Waals surface area (Å²) in [7, 11) is 0. The van der Waals surface area contributed by atoms with E-state index in [2.05, 4.69) is 4.99 Å². The van der Waals surface area contributed by atoms with Gasteiger partial charge in [0.1, 0.15) is 18.0 Å². The molecule has 4 atom stereocenters. The minimum absolute atomic E-state index is 0.00105. The van der Waals surface area contributed by atoms with Crippen LogP contribution < -0.4 is 5.73 Å². The molecular formula is C18H19F3N2O3. The fourth-order valence-electron chi connectivity index (χ4n) is 3.94. The SMILES string of the molecule is NC1=N[C@@](c2cc(CC(=O)[C@H]3CCCO3)ccc2F)(C(F)F)[C@H]2C[C@H]2O1. The predicted molar refractivity (Wildman–Crippen MR) is 86.4 cm³/mol. The molecule has 140 valence electrons. The molecule has 0 unspecified atom stereocenters. The van der Waals surface area contributed by atoms with E-state index in [1.807, 2.05) is 0 Å². The summed E-state index contributed by atoms with van der Waals surface area (Å²) in [5.74, 6) is -1.55. The lowest BCUT2D eigenvalue weighted by atomic mass is 9.83. The summed E-state index contributed by atoms with van der Waals surface area (Å²) in [6, 6.07) is 3.49. The second kappa shape index (κ2) is 6.26. The van der Waals surface area contributed by atoms with Crippen LogP contribution in [0.5, 0.6) is 0 Å². The molecule has 1 aromatic rings. The average Bonchev–Trinajstić information content (AvgIpc) is 3.16. The maximum absolute atomic E-state index is 14.5. The number of carbonyl (C=O) groups excluding carboxylic acids is 1. The molecule has 2 heterocycles. The number of aliphatic imine (C=N–C) groups is 1. The molecule has 1 saturated carbocycles. The van der Waals surface area contributed by atoms with Gasteiger partial charge in [-0.1, -0.05) is 6.07 Å². The topological polar surface area (TPSA) is 73.9 Å². The number of carbonyl (C=O) groups is 1. The molecule has 5 nitrogen and oxygen atoms in total. The Balaban J connectivity index is 1.69. The first kappa shape index (κ1) is 17.3. The van der Waals surface area contributed by atoms with Crippen LogP contribution >= 0.6 is 0 Å². The lowest BCUT2D eigenvalue weighted by molar-refractivity contribution is -0.127. The van der Waals surface area contributed by atoms with E-state index < -0.39 is 35.9 Å². The van der Waals surface area contributed by atoms with Gasteiger partial charge in [-0.15, -0.1) is 0 Å². The van der Waals surface area contributed by atoms with Crippen LogP contribution in [0.25, 0.3) is 0 Å². The van der Waals surface area contributed by atoms with Crippen LogP contribution in [0.1, 0.15) is 30.4 Å². The van der Waals surface area contributed by atoms with Crippen molar-refractivity contribution in [3.63, 3.8) is 0 Å². The first-order valence-corrected chi connectivity index (χ1v) is 8.65. The fourth-order valence-corrected chi connectivity index (χ4v) is 3.94. The Morgan fingerprint density at radius 2 is 2.23 bits per heavy atom. The Kier molecular flexibility index (Phi) is 4.17. The van der Waals surface area contributed by atoms with Crippen molar-refractivity contribution in [3.8, 4) is 0 Å². The summed E-state index contributed by atoms with van der Waals surface area (Å²) in [4.78, 5) is 16.1. The summed E-state index contributed by atoms with van der Waals surface area (Å²) in [6.07, 6.45) is -2.09. The molecule has 1 aromatic carbocycles. The van der Waals surface area contributed by atoms with Gasteiger partial charge in [0.2, 0.25) is 0 Å². The zero-order valence-electron chi connectivity index (χ0n) is 14.0. The summed E-state index contributed by atoms with van der Waals surface area (Å²) >= 11 is 0. The van der Waals surface area contributed by atoms with Gasteiger partial charge < -0.3 is 15.2 Å². The van der Waals surface area contributed by atoms with Gasteiger partial charge in [-0.2, -0.15) is 0 Å². The van der Waals surface area contributed by atoms with Crippen molar-refractivity contribution >= 4 is 11.8 Å². The molecule has 0 aromatic heterocycles. The summed E-state index contributed by atoms with van der Waals surface area (Å²) in [5.41, 5.74) is 3.71. The fraction of sp³-hybridized carbons (Fsp3) is 0.556. The minimum atomic E-state index is -2.95. The van der Waals surface area contributed by atoms with Crippen LogP contribution in [0.3, 0.4) is 0 Å². The highest BCUT2D eigenvalue weighted by Crippen LogP contribution is 2.56. The molecule has 0 bridgehead atoms. The molecule has 2 aliphatic heterocycles. The minimum Gasteiger partial charge on any atom is -0.462 e. The van der Waals surface area contributed by atoms with Gasteiger partial charge in [-0.05, 0) is 37.0 Å². The number of hydrogen-bond acceptors (Lipinski definition) is 5. The van der Waals surface area contributed by atoms with Crippen LogP contribution in [0.4, 0.5) is 13.2 Å². The number of nitrogens with two attached hydrogens (primary N) is 1. The van der Waals surface area contributed by atoms with E-state index in [1.165, 1.54) is 12.1 Å². The summed E-state index contributed by atoms with van der Waals surface area (Å²) in [6.45, 7) is 0.538. The Labute approximate surface area is 148 Å². The molecule has 0 amide bonds. The number of alkyl halides is 2. The molecule has 1 saturated heterocycles. The third kappa shape index (κ3) is 2.76. The molecule has 26 heavy (non-hydrogen) atoms. The van der Waals surface area contributed by atoms with Gasteiger partial charge >= 0.3 is 0 Å². The van der Waals surface area contributed by atoms with E-state index in [0.29, 0.717) is 25.0 Å². The number of ether oxygens (including phenoxy) is 2. The number of fused-ring (bicyclic) bond motifs is 1. The van der Waals surface area contributed by atoms with Crippen LogP contribution in [0.2, 0.25) is 0 Å². The summed E-state index contributed by atoms with van der Waals surface area (Å²) < 4.78 is 53.2. The van der Waals surface area contributed by atoms with Crippen molar-refractivity contribution in [3.05, 3.63) is 35.1 Å². The number of hydrogen-bond donors (Lipinski definition) is 1. The molecular weight excluding hydrogens is 349 g/mol. The molecule has 2 N–H and O–H groups in total. The Morgan fingerprint density at radius 3 is 2.92 bits per heavy atom. The Hall–Kier alpha value is -2.09. The second-order valence-electron chi connectivity index (χ2n) is 7.03. The van der Waals surface area contributed by atoms with Crippen molar-refractivity contribution in [1.29, 1.82) is 0 Å². The molecule has 3 aliphatic rings. The van der Waals surface area contributed by atoms with Crippen molar-refractivity contribution in [2.24, 2.45) is 16.6 Å². The van der Waals surface area contributed by atoms with Gasteiger partial charge in [0.05, 0.1) is 0 Å². The molecule has 0 radical (unpaired) electrons. The van der Waals surface area contributed by atoms with Gasteiger partial charge in [-0.25, -0.2) is 18.2 Å². The quantitative estimate of drug-likeness (QED) is 0.866.